The maximum Gasteiger partial charge on any atom is 0.248 e. The summed E-state index contributed by atoms with van der Waals surface area (Å²) in [5.41, 5.74) is 2.75. The van der Waals surface area contributed by atoms with Crippen molar-refractivity contribution < 1.29 is 4.79 Å². The zero-order chi connectivity index (χ0) is 16.1. The van der Waals surface area contributed by atoms with Gasteiger partial charge in [0, 0.05) is 21.8 Å². The summed E-state index contributed by atoms with van der Waals surface area (Å²) in [5, 5.41) is 3.89. The van der Waals surface area contributed by atoms with Crippen LogP contribution in [0.5, 0.6) is 0 Å². The van der Waals surface area contributed by atoms with Crippen molar-refractivity contribution in [1.82, 2.24) is 0 Å². The van der Waals surface area contributed by atoms with E-state index in [0.29, 0.717) is 16.0 Å². The topological polar surface area (TPSA) is 29.1 Å². The minimum absolute atomic E-state index is 0.205. The second-order valence-electron chi connectivity index (χ2n) is 5.27. The Hall–Kier alpha value is -1.77. The van der Waals surface area contributed by atoms with Gasteiger partial charge in [0.25, 0.3) is 0 Å². The average Bonchev–Trinajstić information content (AvgIpc) is 2.47. The first-order valence-corrected chi connectivity index (χ1v) is 7.75. The van der Waals surface area contributed by atoms with E-state index in [0.717, 1.165) is 11.3 Å². The Morgan fingerprint density at radius 2 is 1.77 bits per heavy atom. The molecule has 2 nitrogen and oxygen atoms in total. The number of halogens is 2. The molecule has 22 heavy (non-hydrogen) atoms. The number of carbonyl (C=O) groups excluding carboxylic acids is 1. The molecule has 0 bridgehead atoms. The second kappa shape index (κ2) is 7.48. The Kier molecular flexibility index (Phi) is 5.64. The van der Waals surface area contributed by atoms with Crippen LogP contribution in [0.1, 0.15) is 30.9 Å². The van der Waals surface area contributed by atoms with Crippen LogP contribution in [0.4, 0.5) is 5.69 Å². The predicted molar refractivity (Wildman–Crippen MR) is 94.7 cm³/mol. The van der Waals surface area contributed by atoms with E-state index in [4.69, 9.17) is 23.2 Å². The highest BCUT2D eigenvalue weighted by Gasteiger charge is 2.02. The number of hydrogen-bond acceptors (Lipinski definition) is 1. The Balaban J connectivity index is 2.01. The molecule has 1 amide bonds. The average molecular weight is 334 g/mol. The lowest BCUT2D eigenvalue weighted by Gasteiger charge is -2.07. The highest BCUT2D eigenvalue weighted by Crippen LogP contribution is 2.22. The van der Waals surface area contributed by atoms with E-state index in [1.807, 2.05) is 24.3 Å². The van der Waals surface area contributed by atoms with Gasteiger partial charge in [-0.2, -0.15) is 0 Å². The highest BCUT2D eigenvalue weighted by molar-refractivity contribution is 6.35. The maximum absolute atomic E-state index is 11.9. The second-order valence-corrected chi connectivity index (χ2v) is 6.11. The minimum Gasteiger partial charge on any atom is -0.323 e. The molecule has 114 valence electrons. The summed E-state index contributed by atoms with van der Waals surface area (Å²) in [5.74, 6) is 0.264. The van der Waals surface area contributed by atoms with Gasteiger partial charge in [-0.1, -0.05) is 55.2 Å². The van der Waals surface area contributed by atoms with E-state index in [-0.39, 0.29) is 5.91 Å². The van der Waals surface area contributed by atoms with Crippen LogP contribution in [0.15, 0.2) is 48.5 Å². The fourth-order valence-corrected chi connectivity index (χ4v) is 2.41. The van der Waals surface area contributed by atoms with E-state index in [9.17, 15) is 4.79 Å². The summed E-state index contributed by atoms with van der Waals surface area (Å²) >= 11 is 11.9. The molecule has 0 aromatic heterocycles. The first-order chi connectivity index (χ1) is 10.5. The van der Waals surface area contributed by atoms with Crippen molar-refractivity contribution in [2.24, 2.45) is 0 Å². The molecule has 2 rings (SSSR count). The Labute approximate surface area is 140 Å². The van der Waals surface area contributed by atoms with Crippen LogP contribution in [-0.4, -0.2) is 5.91 Å². The van der Waals surface area contributed by atoms with Crippen LogP contribution in [0, 0.1) is 0 Å². The molecule has 0 aliphatic carbocycles. The monoisotopic (exact) mass is 333 g/mol. The summed E-state index contributed by atoms with van der Waals surface area (Å²) in [6, 6.07) is 13.0. The van der Waals surface area contributed by atoms with E-state index in [2.05, 4.69) is 19.2 Å². The van der Waals surface area contributed by atoms with E-state index in [1.165, 1.54) is 11.6 Å². The van der Waals surface area contributed by atoms with Crippen LogP contribution in [0.2, 0.25) is 10.0 Å². The fraction of sp³-hybridized carbons (Fsp3) is 0.167. The van der Waals surface area contributed by atoms with Crippen molar-refractivity contribution in [3.63, 3.8) is 0 Å². The van der Waals surface area contributed by atoms with Gasteiger partial charge in [0.2, 0.25) is 5.91 Å². The molecule has 2 aromatic rings. The van der Waals surface area contributed by atoms with E-state index in [1.54, 1.807) is 24.3 Å². The van der Waals surface area contributed by atoms with Gasteiger partial charge in [-0.3, -0.25) is 4.79 Å². The summed E-state index contributed by atoms with van der Waals surface area (Å²) in [6.07, 6.45) is 3.11. The van der Waals surface area contributed by atoms with Gasteiger partial charge in [0.1, 0.15) is 0 Å². The molecular formula is C18H17Cl2NO. The summed E-state index contributed by atoms with van der Waals surface area (Å²) < 4.78 is 0. The van der Waals surface area contributed by atoms with Crippen molar-refractivity contribution in [2.45, 2.75) is 19.8 Å². The molecule has 0 heterocycles. The lowest BCUT2D eigenvalue weighted by atomic mass is 10.0. The van der Waals surface area contributed by atoms with Crippen LogP contribution < -0.4 is 5.32 Å². The van der Waals surface area contributed by atoms with Gasteiger partial charge in [-0.15, -0.1) is 0 Å². The van der Waals surface area contributed by atoms with Gasteiger partial charge in [0.05, 0.1) is 0 Å². The molecular weight excluding hydrogens is 317 g/mol. The Bertz CT molecular complexity index is 691. The molecule has 0 radical (unpaired) electrons. The number of rotatable bonds is 4. The molecule has 0 unspecified atom stereocenters. The first kappa shape index (κ1) is 16.6. The van der Waals surface area contributed by atoms with Gasteiger partial charge in [-0.25, -0.2) is 0 Å². The molecule has 0 saturated heterocycles. The number of anilines is 1. The summed E-state index contributed by atoms with van der Waals surface area (Å²) in [6.45, 7) is 4.26. The van der Waals surface area contributed by atoms with Crippen molar-refractivity contribution in [1.29, 1.82) is 0 Å². The van der Waals surface area contributed by atoms with Crippen molar-refractivity contribution in [3.05, 3.63) is 69.7 Å². The maximum atomic E-state index is 11.9. The number of nitrogens with one attached hydrogen (secondary N) is 1. The van der Waals surface area contributed by atoms with E-state index >= 15 is 0 Å². The number of carbonyl (C=O) groups is 1. The molecule has 0 aliphatic heterocycles. The van der Waals surface area contributed by atoms with Crippen molar-refractivity contribution >= 4 is 40.9 Å². The van der Waals surface area contributed by atoms with Crippen LogP contribution in [-0.2, 0) is 4.79 Å². The Morgan fingerprint density at radius 1 is 1.09 bits per heavy atom. The van der Waals surface area contributed by atoms with Crippen molar-refractivity contribution in [3.8, 4) is 0 Å². The van der Waals surface area contributed by atoms with Gasteiger partial charge in [-0.05, 0) is 47.4 Å². The molecule has 2 aromatic carbocycles. The van der Waals surface area contributed by atoms with Gasteiger partial charge in [0.15, 0.2) is 0 Å². The quantitative estimate of drug-likeness (QED) is 0.707. The van der Waals surface area contributed by atoms with Crippen LogP contribution >= 0.6 is 23.2 Å². The summed E-state index contributed by atoms with van der Waals surface area (Å²) in [7, 11) is 0. The zero-order valence-electron chi connectivity index (χ0n) is 12.4. The molecule has 0 spiro atoms. The minimum atomic E-state index is -0.205. The number of hydrogen-bond donors (Lipinski definition) is 1. The van der Waals surface area contributed by atoms with Crippen LogP contribution in [0.3, 0.4) is 0 Å². The first-order valence-electron chi connectivity index (χ1n) is 7.00. The predicted octanol–water partition coefficient (Wildman–Crippen LogP) is 5.77. The van der Waals surface area contributed by atoms with Gasteiger partial charge < -0.3 is 5.32 Å². The molecule has 0 saturated carbocycles. The van der Waals surface area contributed by atoms with E-state index < -0.39 is 0 Å². The fourth-order valence-electron chi connectivity index (χ4n) is 1.94. The highest BCUT2D eigenvalue weighted by atomic mass is 35.5. The van der Waals surface area contributed by atoms with Crippen molar-refractivity contribution in [2.75, 3.05) is 5.32 Å². The third-order valence-corrected chi connectivity index (χ3v) is 3.78. The largest absolute Gasteiger partial charge is 0.323 e. The number of amides is 1. The third kappa shape index (κ3) is 4.62. The molecule has 1 N–H and O–H groups in total. The zero-order valence-corrected chi connectivity index (χ0v) is 13.9. The normalized spacial score (nSPS) is 11.1. The van der Waals surface area contributed by atoms with Gasteiger partial charge >= 0.3 is 0 Å². The lowest BCUT2D eigenvalue weighted by molar-refractivity contribution is -0.111. The lowest BCUT2D eigenvalue weighted by Crippen LogP contribution is -2.07. The number of benzene rings is 2. The summed E-state index contributed by atoms with van der Waals surface area (Å²) in [4.78, 5) is 11.9. The standard InChI is InChI=1S/C18H17Cl2NO/c1-12(2)13-4-8-16(9-5-13)21-18(22)10-6-14-3-7-15(19)11-17(14)20/h3-12H,1-2H3,(H,21,22)/b10-6+. The Morgan fingerprint density at radius 3 is 2.36 bits per heavy atom. The molecule has 0 aliphatic rings. The SMILES string of the molecule is CC(C)c1ccc(NC(=O)/C=C/c2ccc(Cl)cc2Cl)cc1. The molecule has 4 heteroatoms. The molecule has 0 fully saturated rings. The van der Waals surface area contributed by atoms with Crippen LogP contribution in [0.25, 0.3) is 6.08 Å². The smallest absolute Gasteiger partial charge is 0.248 e. The molecule has 0 atom stereocenters. The third-order valence-electron chi connectivity index (χ3n) is 3.22.